The molecule has 1 heterocycles. The molecule has 0 spiro atoms. The van der Waals surface area contributed by atoms with Gasteiger partial charge in [0, 0.05) is 5.56 Å². The Morgan fingerprint density at radius 3 is 2.53 bits per heavy atom. The largest absolute Gasteiger partial charge is 0.240 e. The van der Waals surface area contributed by atoms with E-state index in [1.165, 1.54) is 23.5 Å². The van der Waals surface area contributed by atoms with E-state index in [2.05, 4.69) is 10.9 Å². The molecular formula is C12H8FNS. The molecule has 0 aliphatic rings. The van der Waals surface area contributed by atoms with Crippen molar-refractivity contribution in [3.63, 3.8) is 0 Å². The van der Waals surface area contributed by atoms with Crippen molar-refractivity contribution in [2.24, 2.45) is 0 Å². The van der Waals surface area contributed by atoms with Gasteiger partial charge in [-0.2, -0.15) is 0 Å². The Kier molecular flexibility index (Phi) is 2.53. The van der Waals surface area contributed by atoms with Gasteiger partial charge in [0.05, 0.1) is 10.6 Å². The molecule has 1 aromatic heterocycles. The van der Waals surface area contributed by atoms with Gasteiger partial charge in [-0.05, 0) is 31.2 Å². The van der Waals surface area contributed by atoms with Crippen molar-refractivity contribution in [3.05, 3.63) is 40.7 Å². The van der Waals surface area contributed by atoms with Crippen molar-refractivity contribution in [1.82, 2.24) is 4.98 Å². The summed E-state index contributed by atoms with van der Waals surface area (Å²) in [6.07, 6.45) is 5.33. The van der Waals surface area contributed by atoms with Crippen LogP contribution in [-0.4, -0.2) is 4.98 Å². The smallest absolute Gasteiger partial charge is 0.124 e. The van der Waals surface area contributed by atoms with E-state index < -0.39 is 0 Å². The number of benzene rings is 1. The molecule has 0 unspecified atom stereocenters. The van der Waals surface area contributed by atoms with Crippen LogP contribution >= 0.6 is 11.3 Å². The molecule has 0 fully saturated rings. The van der Waals surface area contributed by atoms with E-state index in [0.717, 1.165) is 21.1 Å². The molecule has 2 rings (SSSR count). The van der Waals surface area contributed by atoms with Gasteiger partial charge in [-0.3, -0.25) is 0 Å². The maximum Gasteiger partial charge on any atom is 0.124 e. The molecule has 2 aromatic rings. The zero-order chi connectivity index (χ0) is 10.8. The normalized spacial score (nSPS) is 9.93. The molecule has 3 heteroatoms. The maximum absolute atomic E-state index is 12.7. The fourth-order valence-electron chi connectivity index (χ4n) is 1.25. The van der Waals surface area contributed by atoms with E-state index in [1.807, 2.05) is 6.92 Å². The Hall–Kier alpha value is -1.66. The van der Waals surface area contributed by atoms with Crippen LogP contribution in [0.25, 0.3) is 10.6 Å². The lowest BCUT2D eigenvalue weighted by Gasteiger charge is -1.94. The summed E-state index contributed by atoms with van der Waals surface area (Å²) in [5.41, 5.74) is 1.74. The van der Waals surface area contributed by atoms with Gasteiger partial charge in [0.2, 0.25) is 0 Å². The molecule has 0 amide bonds. The predicted molar refractivity (Wildman–Crippen MR) is 60.2 cm³/mol. The molecule has 15 heavy (non-hydrogen) atoms. The Morgan fingerprint density at radius 1 is 1.33 bits per heavy atom. The van der Waals surface area contributed by atoms with Gasteiger partial charge in [0.15, 0.2) is 0 Å². The fraction of sp³-hybridized carbons (Fsp3) is 0.0833. The minimum Gasteiger partial charge on any atom is -0.240 e. The Balaban J connectivity index is 2.46. The third-order valence-corrected chi connectivity index (χ3v) is 3.16. The lowest BCUT2D eigenvalue weighted by Crippen LogP contribution is -1.78. The number of terminal acetylenes is 1. The molecule has 0 N–H and O–H groups in total. The van der Waals surface area contributed by atoms with Gasteiger partial charge in [-0.15, -0.1) is 17.8 Å². The maximum atomic E-state index is 12.7. The van der Waals surface area contributed by atoms with Crippen molar-refractivity contribution in [2.75, 3.05) is 0 Å². The van der Waals surface area contributed by atoms with Crippen LogP contribution in [0.3, 0.4) is 0 Å². The third-order valence-electron chi connectivity index (χ3n) is 2.02. The van der Waals surface area contributed by atoms with E-state index >= 15 is 0 Å². The lowest BCUT2D eigenvalue weighted by molar-refractivity contribution is 0.628. The first-order chi connectivity index (χ1) is 7.20. The highest BCUT2D eigenvalue weighted by molar-refractivity contribution is 7.15. The molecule has 74 valence electrons. The number of nitrogens with zero attached hydrogens (tertiary/aromatic N) is 1. The molecule has 0 radical (unpaired) electrons. The number of hydrogen-bond acceptors (Lipinski definition) is 2. The van der Waals surface area contributed by atoms with Gasteiger partial charge < -0.3 is 0 Å². The Morgan fingerprint density at radius 2 is 2.00 bits per heavy atom. The van der Waals surface area contributed by atoms with E-state index in [0.29, 0.717) is 0 Å². The van der Waals surface area contributed by atoms with Gasteiger partial charge in [0.1, 0.15) is 10.8 Å². The molecule has 0 aliphatic carbocycles. The molecule has 1 aromatic carbocycles. The Bertz CT molecular complexity index is 520. The molecule has 0 aliphatic heterocycles. The van der Waals surface area contributed by atoms with E-state index in [9.17, 15) is 4.39 Å². The first-order valence-corrected chi connectivity index (χ1v) is 5.22. The summed E-state index contributed by atoms with van der Waals surface area (Å²) in [5, 5.41) is 0.834. The monoisotopic (exact) mass is 217 g/mol. The Labute approximate surface area is 91.6 Å². The van der Waals surface area contributed by atoms with Crippen molar-refractivity contribution in [3.8, 4) is 22.9 Å². The minimum absolute atomic E-state index is 0.246. The molecule has 1 nitrogen and oxygen atoms in total. The first kappa shape index (κ1) is 9.88. The SMILES string of the molecule is C#Cc1sc(-c2ccc(F)cc2)nc1C. The van der Waals surface area contributed by atoms with Gasteiger partial charge in [0.25, 0.3) is 0 Å². The molecule has 0 atom stereocenters. The zero-order valence-corrected chi connectivity index (χ0v) is 8.94. The van der Waals surface area contributed by atoms with Gasteiger partial charge >= 0.3 is 0 Å². The topological polar surface area (TPSA) is 12.9 Å². The van der Waals surface area contributed by atoms with Gasteiger partial charge in [-0.25, -0.2) is 9.37 Å². The van der Waals surface area contributed by atoms with Crippen molar-refractivity contribution in [2.45, 2.75) is 6.92 Å². The standard InChI is InChI=1S/C12H8FNS/c1-3-11-8(2)14-12(15-11)9-4-6-10(13)7-5-9/h1,4-7H,2H3. The summed E-state index contributed by atoms with van der Waals surface area (Å²) in [5.74, 6) is 2.33. The van der Waals surface area contributed by atoms with Crippen LogP contribution in [0, 0.1) is 25.1 Å². The fourth-order valence-corrected chi connectivity index (χ4v) is 2.13. The predicted octanol–water partition coefficient (Wildman–Crippen LogP) is 3.24. The summed E-state index contributed by atoms with van der Waals surface area (Å²) in [6.45, 7) is 1.87. The van der Waals surface area contributed by atoms with Crippen LogP contribution in [0.1, 0.15) is 10.6 Å². The summed E-state index contributed by atoms with van der Waals surface area (Å²) in [7, 11) is 0. The molecule has 0 bridgehead atoms. The molecule has 0 saturated heterocycles. The van der Waals surface area contributed by atoms with Crippen LogP contribution in [0.2, 0.25) is 0 Å². The van der Waals surface area contributed by atoms with Crippen LogP contribution in [0.15, 0.2) is 24.3 Å². The summed E-state index contributed by atoms with van der Waals surface area (Å²) < 4.78 is 12.7. The second kappa shape index (κ2) is 3.84. The number of aryl methyl sites for hydroxylation is 1. The second-order valence-electron chi connectivity index (χ2n) is 3.08. The van der Waals surface area contributed by atoms with E-state index in [4.69, 9.17) is 6.42 Å². The first-order valence-electron chi connectivity index (χ1n) is 4.40. The second-order valence-corrected chi connectivity index (χ2v) is 4.08. The highest BCUT2D eigenvalue weighted by Crippen LogP contribution is 2.27. The quantitative estimate of drug-likeness (QED) is 0.668. The van der Waals surface area contributed by atoms with Crippen molar-refractivity contribution >= 4 is 11.3 Å². The van der Waals surface area contributed by atoms with Crippen LogP contribution < -0.4 is 0 Å². The summed E-state index contributed by atoms with van der Waals surface area (Å²) >= 11 is 1.45. The van der Waals surface area contributed by atoms with Crippen molar-refractivity contribution < 1.29 is 4.39 Å². The average Bonchev–Trinajstić information content (AvgIpc) is 2.61. The van der Waals surface area contributed by atoms with Crippen LogP contribution in [0.5, 0.6) is 0 Å². The van der Waals surface area contributed by atoms with Crippen LogP contribution in [-0.2, 0) is 0 Å². The lowest BCUT2D eigenvalue weighted by atomic mass is 10.2. The highest BCUT2D eigenvalue weighted by atomic mass is 32.1. The molecule has 0 saturated carbocycles. The number of rotatable bonds is 1. The highest BCUT2D eigenvalue weighted by Gasteiger charge is 2.07. The number of halogens is 1. The summed E-state index contributed by atoms with van der Waals surface area (Å²) in [6, 6.07) is 6.24. The third kappa shape index (κ3) is 1.90. The van der Waals surface area contributed by atoms with Crippen LogP contribution in [0.4, 0.5) is 4.39 Å². The number of hydrogen-bond donors (Lipinski definition) is 0. The number of aromatic nitrogens is 1. The van der Waals surface area contributed by atoms with Gasteiger partial charge in [-0.1, -0.05) is 5.92 Å². The zero-order valence-electron chi connectivity index (χ0n) is 8.12. The summed E-state index contributed by atoms with van der Waals surface area (Å²) in [4.78, 5) is 5.16. The average molecular weight is 217 g/mol. The van der Waals surface area contributed by atoms with E-state index in [1.54, 1.807) is 12.1 Å². The minimum atomic E-state index is -0.246. The number of thiazole rings is 1. The van der Waals surface area contributed by atoms with Crippen molar-refractivity contribution in [1.29, 1.82) is 0 Å². The molecular weight excluding hydrogens is 209 g/mol. The van der Waals surface area contributed by atoms with E-state index in [-0.39, 0.29) is 5.82 Å².